The number of carbonyl (C=O) groups is 1. The van der Waals surface area contributed by atoms with Gasteiger partial charge in [-0.25, -0.2) is 4.79 Å². The fourth-order valence-corrected chi connectivity index (χ4v) is 1.92. The van der Waals surface area contributed by atoms with Crippen LogP contribution in [0.15, 0.2) is 59.0 Å². The molecule has 0 saturated carbocycles. The molecule has 0 unspecified atom stereocenters. The molecule has 110 valence electrons. The molecule has 0 aliphatic rings. The summed E-state index contributed by atoms with van der Waals surface area (Å²) in [6, 6.07) is 17.9. The van der Waals surface area contributed by atoms with E-state index in [9.17, 15) is 4.79 Å². The largest absolute Gasteiger partial charge is 0.474 e. The van der Waals surface area contributed by atoms with E-state index in [2.05, 4.69) is 10.2 Å². The summed E-state index contributed by atoms with van der Waals surface area (Å²) >= 11 is 0. The third kappa shape index (κ3) is 3.12. The summed E-state index contributed by atoms with van der Waals surface area (Å²) in [5, 5.41) is 15.5. The Hall–Kier alpha value is -3.15. The molecule has 0 aliphatic carbocycles. The lowest BCUT2D eigenvalue weighted by molar-refractivity contribution is 0.0644. The van der Waals surface area contributed by atoms with Crippen molar-refractivity contribution >= 4 is 5.97 Å². The monoisotopic (exact) mass is 296 g/mol. The van der Waals surface area contributed by atoms with Crippen LogP contribution in [-0.4, -0.2) is 21.3 Å². The minimum Gasteiger partial charge on any atom is -0.474 e. The zero-order valence-electron chi connectivity index (χ0n) is 11.5. The second-order valence-electron chi connectivity index (χ2n) is 4.53. The first-order valence-electron chi connectivity index (χ1n) is 6.56. The number of aromatic carboxylic acids is 1. The molecule has 1 aromatic heterocycles. The second kappa shape index (κ2) is 6.09. The zero-order chi connectivity index (χ0) is 15.4. The molecule has 6 nitrogen and oxygen atoms in total. The van der Waals surface area contributed by atoms with Crippen molar-refractivity contribution in [1.29, 1.82) is 0 Å². The Morgan fingerprint density at radius 2 is 1.68 bits per heavy atom. The highest BCUT2D eigenvalue weighted by Gasteiger charge is 2.13. The quantitative estimate of drug-likeness (QED) is 0.779. The Morgan fingerprint density at radius 3 is 2.32 bits per heavy atom. The average molecular weight is 296 g/mol. The number of carboxylic acid groups (broad SMARTS) is 1. The van der Waals surface area contributed by atoms with E-state index >= 15 is 0 Å². The maximum atomic E-state index is 10.6. The van der Waals surface area contributed by atoms with Gasteiger partial charge in [-0.2, -0.15) is 0 Å². The lowest BCUT2D eigenvalue weighted by Gasteiger charge is -2.04. The second-order valence-corrected chi connectivity index (χ2v) is 4.53. The minimum atomic E-state index is -1.28. The van der Waals surface area contributed by atoms with Gasteiger partial charge in [0.25, 0.3) is 0 Å². The summed E-state index contributed by atoms with van der Waals surface area (Å²) in [7, 11) is 0. The molecule has 0 aliphatic heterocycles. The van der Waals surface area contributed by atoms with Gasteiger partial charge in [-0.15, -0.1) is 0 Å². The van der Waals surface area contributed by atoms with Crippen molar-refractivity contribution in [1.82, 2.24) is 10.2 Å². The first-order chi connectivity index (χ1) is 10.7. The third-order valence-corrected chi connectivity index (χ3v) is 3.01. The van der Waals surface area contributed by atoms with Crippen molar-refractivity contribution in [2.75, 3.05) is 0 Å². The highest BCUT2D eigenvalue weighted by molar-refractivity contribution is 5.81. The van der Waals surface area contributed by atoms with E-state index in [0.717, 1.165) is 16.7 Å². The molecule has 2 aromatic carbocycles. The molecule has 3 rings (SSSR count). The van der Waals surface area contributed by atoms with Gasteiger partial charge < -0.3 is 14.3 Å². The van der Waals surface area contributed by atoms with E-state index < -0.39 is 11.9 Å². The minimum absolute atomic E-state index is 0.162. The van der Waals surface area contributed by atoms with Crippen LogP contribution in [0.4, 0.5) is 0 Å². The number of ether oxygens (including phenoxy) is 1. The number of carboxylic acids is 1. The number of aromatic nitrogens is 2. The lowest BCUT2D eigenvalue weighted by atomic mass is 10.0. The third-order valence-electron chi connectivity index (χ3n) is 3.01. The molecule has 0 bridgehead atoms. The summed E-state index contributed by atoms with van der Waals surface area (Å²) in [6.45, 7) is 0.219. The first kappa shape index (κ1) is 13.8. The summed E-state index contributed by atoms with van der Waals surface area (Å²) in [5.74, 6) is -1.77. The van der Waals surface area contributed by atoms with Gasteiger partial charge in [0.2, 0.25) is 0 Å². The van der Waals surface area contributed by atoms with Crippen LogP contribution in [0.5, 0.6) is 6.08 Å². The maximum Gasteiger partial charge on any atom is 0.415 e. The van der Waals surface area contributed by atoms with E-state index in [1.54, 1.807) is 0 Å². The summed E-state index contributed by atoms with van der Waals surface area (Å²) in [5.41, 5.74) is 3.16. The van der Waals surface area contributed by atoms with Gasteiger partial charge in [0.05, 0.1) is 0 Å². The van der Waals surface area contributed by atoms with E-state index in [1.807, 2.05) is 54.6 Å². The van der Waals surface area contributed by atoms with Crippen molar-refractivity contribution < 1.29 is 19.1 Å². The summed E-state index contributed by atoms with van der Waals surface area (Å²) < 4.78 is 10.1. The molecule has 22 heavy (non-hydrogen) atoms. The Bertz CT molecular complexity index is 766. The molecule has 1 N–H and O–H groups in total. The first-order valence-corrected chi connectivity index (χ1v) is 6.56. The normalized spacial score (nSPS) is 10.4. The van der Waals surface area contributed by atoms with Crippen LogP contribution in [0.25, 0.3) is 11.1 Å². The zero-order valence-corrected chi connectivity index (χ0v) is 11.5. The van der Waals surface area contributed by atoms with Gasteiger partial charge in [0, 0.05) is 0 Å². The fraction of sp³-hybridized carbons (Fsp3) is 0.0625. The topological polar surface area (TPSA) is 85.5 Å². The van der Waals surface area contributed by atoms with Crippen LogP contribution < -0.4 is 4.74 Å². The molecule has 0 spiro atoms. The number of nitrogens with zero attached hydrogens (tertiary/aromatic N) is 2. The standard InChI is InChI=1S/C16H12N2O4/c19-15(20)14-17-18-16(22-14)21-10-11-6-8-13(9-7-11)12-4-2-1-3-5-12/h1-9H,10H2,(H,19,20). The van der Waals surface area contributed by atoms with Crippen molar-refractivity contribution in [3.8, 4) is 17.2 Å². The van der Waals surface area contributed by atoms with Crippen molar-refractivity contribution in [2.45, 2.75) is 6.61 Å². The van der Waals surface area contributed by atoms with Crippen molar-refractivity contribution in [2.24, 2.45) is 0 Å². The number of rotatable bonds is 5. The average Bonchev–Trinajstić information content (AvgIpc) is 3.04. The smallest absolute Gasteiger partial charge is 0.415 e. The molecule has 3 aromatic rings. The van der Waals surface area contributed by atoms with E-state index in [4.69, 9.17) is 14.3 Å². The van der Waals surface area contributed by atoms with E-state index in [1.165, 1.54) is 0 Å². The predicted molar refractivity (Wildman–Crippen MR) is 77.5 cm³/mol. The van der Waals surface area contributed by atoms with E-state index in [-0.39, 0.29) is 12.7 Å². The lowest BCUT2D eigenvalue weighted by Crippen LogP contribution is -1.96. The molecule has 1 heterocycles. The molecule has 0 saturated heterocycles. The van der Waals surface area contributed by atoms with Gasteiger partial charge >= 0.3 is 17.9 Å². The van der Waals surface area contributed by atoms with Crippen LogP contribution in [0, 0.1) is 0 Å². The van der Waals surface area contributed by atoms with Gasteiger partial charge in [-0.1, -0.05) is 64.8 Å². The summed E-state index contributed by atoms with van der Waals surface area (Å²) in [4.78, 5) is 10.6. The molecular weight excluding hydrogens is 284 g/mol. The van der Waals surface area contributed by atoms with Gasteiger partial charge in [-0.3, -0.25) is 0 Å². The van der Waals surface area contributed by atoms with Crippen molar-refractivity contribution in [3.63, 3.8) is 0 Å². The maximum absolute atomic E-state index is 10.6. The van der Waals surface area contributed by atoms with Crippen LogP contribution >= 0.6 is 0 Å². The number of benzene rings is 2. The number of hydrogen-bond acceptors (Lipinski definition) is 5. The van der Waals surface area contributed by atoms with Crippen LogP contribution in [0.1, 0.15) is 16.2 Å². The van der Waals surface area contributed by atoms with Crippen molar-refractivity contribution in [3.05, 3.63) is 66.1 Å². The van der Waals surface area contributed by atoms with Gasteiger partial charge in [0.1, 0.15) is 6.61 Å². The Morgan fingerprint density at radius 1 is 1.00 bits per heavy atom. The highest BCUT2D eigenvalue weighted by atomic mass is 16.6. The van der Waals surface area contributed by atoms with Crippen LogP contribution in [-0.2, 0) is 6.61 Å². The molecule has 0 radical (unpaired) electrons. The SMILES string of the molecule is O=C(O)c1nnc(OCc2ccc(-c3ccccc3)cc2)o1. The molecule has 0 amide bonds. The van der Waals surface area contributed by atoms with E-state index in [0.29, 0.717) is 0 Å². The molecule has 0 fully saturated rings. The Kier molecular flexibility index (Phi) is 3.82. The van der Waals surface area contributed by atoms with Crippen LogP contribution in [0.3, 0.4) is 0 Å². The molecule has 0 atom stereocenters. The highest BCUT2D eigenvalue weighted by Crippen LogP contribution is 2.20. The fourth-order valence-electron chi connectivity index (χ4n) is 1.92. The van der Waals surface area contributed by atoms with Gasteiger partial charge in [-0.05, 0) is 16.7 Å². The Balaban J connectivity index is 1.65. The van der Waals surface area contributed by atoms with Gasteiger partial charge in [0.15, 0.2) is 0 Å². The molecule has 6 heteroatoms. The molecular formula is C16H12N2O4. The summed E-state index contributed by atoms with van der Waals surface area (Å²) in [6.07, 6.45) is -0.162. The number of hydrogen-bond donors (Lipinski definition) is 1. The van der Waals surface area contributed by atoms with Crippen LogP contribution in [0.2, 0.25) is 0 Å². The predicted octanol–water partition coefficient (Wildman–Crippen LogP) is 3.01. The Labute approximate surface area is 126 Å².